The third-order valence-electron chi connectivity index (χ3n) is 3.71. The van der Waals surface area contributed by atoms with Gasteiger partial charge >= 0.3 is 0 Å². The van der Waals surface area contributed by atoms with E-state index in [2.05, 4.69) is 65.6 Å². The normalized spacial score (nSPS) is 14.8. The van der Waals surface area contributed by atoms with Crippen molar-refractivity contribution in [3.8, 4) is 0 Å². The number of hydrogen-bond acceptors (Lipinski definition) is 1. The molecule has 98 valence electrons. The summed E-state index contributed by atoms with van der Waals surface area (Å²) in [7, 11) is 0. The van der Waals surface area contributed by atoms with Crippen LogP contribution < -0.4 is 0 Å². The van der Waals surface area contributed by atoms with Crippen molar-refractivity contribution in [3.63, 3.8) is 0 Å². The van der Waals surface area contributed by atoms with E-state index in [1.165, 1.54) is 30.5 Å². The summed E-state index contributed by atoms with van der Waals surface area (Å²) in [5.41, 5.74) is 2.83. The van der Waals surface area contributed by atoms with E-state index in [9.17, 15) is 0 Å². The Hall–Kier alpha value is -1.60. The molecule has 1 aliphatic carbocycles. The second-order valence-corrected chi connectivity index (χ2v) is 5.58. The minimum atomic E-state index is 0.937. The van der Waals surface area contributed by atoms with Crippen LogP contribution in [0, 0.1) is 5.92 Å². The van der Waals surface area contributed by atoms with E-state index in [1.807, 2.05) is 0 Å². The Morgan fingerprint density at radius 1 is 0.737 bits per heavy atom. The van der Waals surface area contributed by atoms with E-state index < -0.39 is 0 Å². The fourth-order valence-electron chi connectivity index (χ4n) is 2.53. The molecule has 0 saturated heterocycles. The maximum Gasteiger partial charge on any atom is 0.0237 e. The standard InChI is InChI=1S/C18H21N/c1-3-7-16(8-4-1)13-19(15-18-11-12-18)14-17-9-5-2-6-10-17/h1-10,18H,11-15H2. The molecule has 0 N–H and O–H groups in total. The fraction of sp³-hybridized carbons (Fsp3) is 0.333. The summed E-state index contributed by atoms with van der Waals surface area (Å²) in [6.45, 7) is 3.36. The molecule has 2 aromatic rings. The van der Waals surface area contributed by atoms with E-state index in [0.717, 1.165) is 19.0 Å². The SMILES string of the molecule is c1ccc(CN(Cc2ccccc2)CC2CC2)cc1. The molecule has 1 aliphatic rings. The zero-order valence-electron chi connectivity index (χ0n) is 11.3. The quantitative estimate of drug-likeness (QED) is 0.747. The van der Waals surface area contributed by atoms with E-state index in [0.29, 0.717) is 0 Å². The van der Waals surface area contributed by atoms with Crippen LogP contribution in [0.4, 0.5) is 0 Å². The second kappa shape index (κ2) is 6.03. The molecule has 1 fully saturated rings. The molecule has 0 aliphatic heterocycles. The minimum absolute atomic E-state index is 0.937. The Balaban J connectivity index is 1.66. The van der Waals surface area contributed by atoms with Crippen LogP contribution in [0.1, 0.15) is 24.0 Å². The van der Waals surface area contributed by atoms with Gasteiger partial charge in [-0.1, -0.05) is 60.7 Å². The number of rotatable bonds is 6. The largest absolute Gasteiger partial charge is 0.295 e. The third-order valence-corrected chi connectivity index (χ3v) is 3.71. The van der Waals surface area contributed by atoms with Crippen molar-refractivity contribution in [2.75, 3.05) is 6.54 Å². The maximum atomic E-state index is 2.59. The van der Waals surface area contributed by atoms with Crippen LogP contribution in [0.5, 0.6) is 0 Å². The van der Waals surface area contributed by atoms with Gasteiger partial charge in [0.1, 0.15) is 0 Å². The fourth-order valence-corrected chi connectivity index (χ4v) is 2.53. The molecular weight excluding hydrogens is 230 g/mol. The summed E-state index contributed by atoms with van der Waals surface area (Å²) in [6, 6.07) is 21.6. The Labute approximate surface area is 115 Å². The molecule has 0 amide bonds. The van der Waals surface area contributed by atoms with Crippen molar-refractivity contribution >= 4 is 0 Å². The highest BCUT2D eigenvalue weighted by molar-refractivity contribution is 5.17. The summed E-state index contributed by atoms with van der Waals surface area (Å²) in [5, 5.41) is 0. The maximum absolute atomic E-state index is 2.59. The predicted molar refractivity (Wildman–Crippen MR) is 79.7 cm³/mol. The Morgan fingerprint density at radius 2 is 1.21 bits per heavy atom. The molecular formula is C18H21N. The molecule has 19 heavy (non-hydrogen) atoms. The average molecular weight is 251 g/mol. The summed E-state index contributed by atoms with van der Waals surface area (Å²) >= 11 is 0. The molecule has 0 unspecified atom stereocenters. The van der Waals surface area contributed by atoms with Gasteiger partial charge in [-0.25, -0.2) is 0 Å². The molecule has 3 rings (SSSR count). The molecule has 0 spiro atoms. The molecule has 1 saturated carbocycles. The Kier molecular flexibility index (Phi) is 3.95. The van der Waals surface area contributed by atoms with Gasteiger partial charge in [0.25, 0.3) is 0 Å². The molecule has 2 aromatic carbocycles. The number of benzene rings is 2. The lowest BCUT2D eigenvalue weighted by Gasteiger charge is -2.22. The Bertz CT molecular complexity index is 446. The lowest BCUT2D eigenvalue weighted by atomic mass is 10.1. The summed E-state index contributed by atoms with van der Waals surface area (Å²) in [6.07, 6.45) is 2.83. The van der Waals surface area contributed by atoms with Crippen LogP contribution in [0.25, 0.3) is 0 Å². The molecule has 1 heteroatoms. The van der Waals surface area contributed by atoms with E-state index >= 15 is 0 Å². The van der Waals surface area contributed by atoms with Gasteiger partial charge in [0.05, 0.1) is 0 Å². The minimum Gasteiger partial charge on any atom is -0.295 e. The van der Waals surface area contributed by atoms with Gasteiger partial charge in [0, 0.05) is 19.6 Å². The van der Waals surface area contributed by atoms with Crippen LogP contribution >= 0.6 is 0 Å². The van der Waals surface area contributed by atoms with Crippen LogP contribution in [0.2, 0.25) is 0 Å². The van der Waals surface area contributed by atoms with Gasteiger partial charge in [0.15, 0.2) is 0 Å². The van der Waals surface area contributed by atoms with Gasteiger partial charge in [0.2, 0.25) is 0 Å². The van der Waals surface area contributed by atoms with Crippen molar-refractivity contribution in [1.29, 1.82) is 0 Å². The molecule has 0 aromatic heterocycles. The lowest BCUT2D eigenvalue weighted by molar-refractivity contribution is 0.246. The van der Waals surface area contributed by atoms with Gasteiger partial charge < -0.3 is 0 Å². The van der Waals surface area contributed by atoms with Gasteiger partial charge in [-0.3, -0.25) is 4.90 Å². The highest BCUT2D eigenvalue weighted by atomic mass is 15.1. The molecule has 0 heterocycles. The zero-order valence-corrected chi connectivity index (χ0v) is 11.3. The van der Waals surface area contributed by atoms with Crippen molar-refractivity contribution in [2.24, 2.45) is 5.92 Å². The summed E-state index contributed by atoms with van der Waals surface area (Å²) in [4.78, 5) is 2.59. The predicted octanol–water partition coefficient (Wildman–Crippen LogP) is 4.10. The topological polar surface area (TPSA) is 3.24 Å². The number of nitrogens with zero attached hydrogens (tertiary/aromatic N) is 1. The lowest BCUT2D eigenvalue weighted by Crippen LogP contribution is -2.25. The Morgan fingerprint density at radius 3 is 1.63 bits per heavy atom. The smallest absolute Gasteiger partial charge is 0.0237 e. The average Bonchev–Trinajstić information content (AvgIpc) is 3.25. The first-order chi connectivity index (χ1) is 9.40. The third kappa shape index (κ3) is 3.93. The summed E-state index contributed by atoms with van der Waals surface area (Å²) in [5.74, 6) is 0.937. The highest BCUT2D eigenvalue weighted by Gasteiger charge is 2.24. The highest BCUT2D eigenvalue weighted by Crippen LogP contribution is 2.30. The van der Waals surface area contributed by atoms with E-state index in [4.69, 9.17) is 0 Å². The molecule has 0 bridgehead atoms. The van der Waals surface area contributed by atoms with E-state index in [1.54, 1.807) is 0 Å². The van der Waals surface area contributed by atoms with Crippen molar-refractivity contribution < 1.29 is 0 Å². The first-order valence-corrected chi connectivity index (χ1v) is 7.20. The first kappa shape index (κ1) is 12.4. The first-order valence-electron chi connectivity index (χ1n) is 7.20. The van der Waals surface area contributed by atoms with Gasteiger partial charge in [-0.2, -0.15) is 0 Å². The summed E-state index contributed by atoms with van der Waals surface area (Å²) < 4.78 is 0. The van der Waals surface area contributed by atoms with Crippen molar-refractivity contribution in [2.45, 2.75) is 25.9 Å². The van der Waals surface area contributed by atoms with Gasteiger partial charge in [-0.15, -0.1) is 0 Å². The van der Waals surface area contributed by atoms with Crippen LogP contribution in [-0.2, 0) is 13.1 Å². The molecule has 0 atom stereocenters. The van der Waals surface area contributed by atoms with Crippen LogP contribution in [-0.4, -0.2) is 11.4 Å². The molecule has 0 radical (unpaired) electrons. The van der Waals surface area contributed by atoms with Crippen LogP contribution in [0.15, 0.2) is 60.7 Å². The van der Waals surface area contributed by atoms with Crippen molar-refractivity contribution in [3.05, 3.63) is 71.8 Å². The molecule has 1 nitrogen and oxygen atoms in total. The second-order valence-electron chi connectivity index (χ2n) is 5.58. The zero-order chi connectivity index (χ0) is 12.9. The monoisotopic (exact) mass is 251 g/mol. The van der Waals surface area contributed by atoms with E-state index in [-0.39, 0.29) is 0 Å². The van der Waals surface area contributed by atoms with Crippen LogP contribution in [0.3, 0.4) is 0 Å². The number of hydrogen-bond donors (Lipinski definition) is 0. The van der Waals surface area contributed by atoms with Crippen molar-refractivity contribution in [1.82, 2.24) is 4.90 Å². The van der Waals surface area contributed by atoms with Gasteiger partial charge in [-0.05, 0) is 29.9 Å².